The third kappa shape index (κ3) is 7.44. The van der Waals surface area contributed by atoms with Crippen molar-refractivity contribution in [3.8, 4) is 11.8 Å². The smallest absolute Gasteiger partial charge is 0.311 e. The average Bonchev–Trinajstić information content (AvgIpc) is 2.52. The second-order valence-electron chi connectivity index (χ2n) is 4.89. The van der Waals surface area contributed by atoms with Crippen molar-refractivity contribution in [2.75, 3.05) is 6.61 Å². The molecule has 0 aliphatic heterocycles. The number of carbonyl (C=O) groups excluding carboxylic acids is 2. The molecule has 22 heavy (non-hydrogen) atoms. The molecule has 0 N–H and O–H groups in total. The summed E-state index contributed by atoms with van der Waals surface area (Å²) in [7, 11) is 0. The van der Waals surface area contributed by atoms with Gasteiger partial charge in [-0.1, -0.05) is 19.8 Å². The zero-order valence-electron chi connectivity index (χ0n) is 12.8. The van der Waals surface area contributed by atoms with Crippen LogP contribution in [0.5, 0.6) is 5.75 Å². The maximum absolute atomic E-state index is 11.6. The quantitative estimate of drug-likeness (QED) is 0.397. The Bertz CT molecular complexity index is 516. The Balaban J connectivity index is 2.17. The fraction of sp³-hybridized carbons (Fsp3) is 0.471. The molecule has 0 amide bonds. The summed E-state index contributed by atoms with van der Waals surface area (Å²) in [5.74, 6) is -0.281. The second kappa shape index (κ2) is 10.4. The SMILES string of the molecule is CCCCCOC(=O)CCCC(=O)Oc1ccc(C#N)cc1. The maximum Gasteiger partial charge on any atom is 0.311 e. The Morgan fingerprint density at radius 3 is 2.36 bits per heavy atom. The molecule has 0 saturated carbocycles. The standard InChI is InChI=1S/C17H21NO4/c1-2-3-4-12-21-16(19)6-5-7-17(20)22-15-10-8-14(13-18)9-11-15/h8-11H,2-7,12H2,1H3. The Hall–Kier alpha value is -2.35. The summed E-state index contributed by atoms with van der Waals surface area (Å²) < 4.78 is 10.2. The van der Waals surface area contributed by atoms with Crippen LogP contribution in [0.25, 0.3) is 0 Å². The molecule has 5 heteroatoms. The van der Waals surface area contributed by atoms with Gasteiger partial charge in [-0.25, -0.2) is 0 Å². The number of rotatable bonds is 9. The highest BCUT2D eigenvalue weighted by molar-refractivity contribution is 5.74. The minimum atomic E-state index is -0.400. The number of benzene rings is 1. The first-order valence-electron chi connectivity index (χ1n) is 7.52. The molecule has 118 valence electrons. The van der Waals surface area contributed by atoms with Crippen molar-refractivity contribution in [3.05, 3.63) is 29.8 Å². The lowest BCUT2D eigenvalue weighted by Crippen LogP contribution is -2.10. The molecule has 0 fully saturated rings. The van der Waals surface area contributed by atoms with Gasteiger partial charge in [0.1, 0.15) is 5.75 Å². The Labute approximate surface area is 130 Å². The molecular weight excluding hydrogens is 282 g/mol. The van der Waals surface area contributed by atoms with Gasteiger partial charge in [-0.15, -0.1) is 0 Å². The van der Waals surface area contributed by atoms with Crippen LogP contribution in [0.1, 0.15) is 51.0 Å². The number of nitrogens with zero attached hydrogens (tertiary/aromatic N) is 1. The molecular formula is C17H21NO4. The zero-order valence-corrected chi connectivity index (χ0v) is 12.8. The first kappa shape index (κ1) is 17.7. The lowest BCUT2D eigenvalue weighted by Gasteiger charge is -2.05. The molecule has 0 aromatic heterocycles. The van der Waals surface area contributed by atoms with Gasteiger partial charge in [-0.2, -0.15) is 5.26 Å². The monoisotopic (exact) mass is 303 g/mol. The molecule has 0 bridgehead atoms. The van der Waals surface area contributed by atoms with Gasteiger partial charge in [0.2, 0.25) is 0 Å². The van der Waals surface area contributed by atoms with Gasteiger partial charge in [-0.3, -0.25) is 9.59 Å². The lowest BCUT2D eigenvalue weighted by atomic mass is 10.2. The molecule has 0 aliphatic rings. The summed E-state index contributed by atoms with van der Waals surface area (Å²) in [6.07, 6.45) is 3.78. The van der Waals surface area contributed by atoms with E-state index in [1.165, 1.54) is 0 Å². The van der Waals surface area contributed by atoms with Gasteiger partial charge in [0.05, 0.1) is 18.2 Å². The van der Waals surface area contributed by atoms with E-state index in [0.717, 1.165) is 19.3 Å². The van der Waals surface area contributed by atoms with Crippen molar-refractivity contribution in [1.29, 1.82) is 5.26 Å². The number of nitriles is 1. The summed E-state index contributed by atoms with van der Waals surface area (Å²) >= 11 is 0. The summed E-state index contributed by atoms with van der Waals surface area (Å²) in [6, 6.07) is 8.28. The minimum Gasteiger partial charge on any atom is -0.466 e. The second-order valence-corrected chi connectivity index (χ2v) is 4.89. The Morgan fingerprint density at radius 1 is 1.05 bits per heavy atom. The Kier molecular flexibility index (Phi) is 8.36. The van der Waals surface area contributed by atoms with Crippen molar-refractivity contribution >= 4 is 11.9 Å². The number of hydrogen-bond donors (Lipinski definition) is 0. The number of hydrogen-bond acceptors (Lipinski definition) is 5. The molecule has 0 heterocycles. The van der Waals surface area contributed by atoms with Crippen molar-refractivity contribution in [2.24, 2.45) is 0 Å². The predicted molar refractivity (Wildman–Crippen MR) is 81.1 cm³/mol. The topological polar surface area (TPSA) is 76.4 Å². The normalized spacial score (nSPS) is 9.82. The highest BCUT2D eigenvalue weighted by atomic mass is 16.5. The number of unbranched alkanes of at least 4 members (excludes halogenated alkanes) is 2. The van der Waals surface area contributed by atoms with E-state index >= 15 is 0 Å². The zero-order chi connectivity index (χ0) is 16.2. The fourth-order valence-electron chi connectivity index (χ4n) is 1.77. The van der Waals surface area contributed by atoms with Crippen LogP contribution in [0.3, 0.4) is 0 Å². The number of esters is 2. The molecule has 5 nitrogen and oxygen atoms in total. The third-order valence-corrected chi connectivity index (χ3v) is 2.99. The van der Waals surface area contributed by atoms with Gasteiger partial charge in [-0.05, 0) is 37.1 Å². The van der Waals surface area contributed by atoms with Gasteiger partial charge < -0.3 is 9.47 Å². The van der Waals surface area contributed by atoms with Crippen molar-refractivity contribution in [3.63, 3.8) is 0 Å². The van der Waals surface area contributed by atoms with Crippen LogP contribution in [0.15, 0.2) is 24.3 Å². The lowest BCUT2D eigenvalue weighted by molar-refractivity contribution is -0.144. The van der Waals surface area contributed by atoms with Crippen LogP contribution in [-0.4, -0.2) is 18.5 Å². The summed E-state index contributed by atoms with van der Waals surface area (Å²) in [5.41, 5.74) is 0.505. The molecule has 0 radical (unpaired) electrons. The first-order valence-corrected chi connectivity index (χ1v) is 7.52. The van der Waals surface area contributed by atoms with Crippen LogP contribution in [-0.2, 0) is 14.3 Å². The highest BCUT2D eigenvalue weighted by Gasteiger charge is 2.08. The van der Waals surface area contributed by atoms with Crippen LogP contribution in [0, 0.1) is 11.3 Å². The number of carbonyl (C=O) groups is 2. The van der Waals surface area contributed by atoms with E-state index in [4.69, 9.17) is 14.7 Å². The fourth-order valence-corrected chi connectivity index (χ4v) is 1.77. The molecule has 1 aromatic carbocycles. The van der Waals surface area contributed by atoms with E-state index in [0.29, 0.717) is 24.3 Å². The molecule has 1 aromatic rings. The third-order valence-electron chi connectivity index (χ3n) is 2.99. The highest BCUT2D eigenvalue weighted by Crippen LogP contribution is 2.13. The average molecular weight is 303 g/mol. The molecule has 0 atom stereocenters. The molecule has 1 rings (SSSR count). The van der Waals surface area contributed by atoms with E-state index in [9.17, 15) is 9.59 Å². The maximum atomic E-state index is 11.6. The van der Waals surface area contributed by atoms with Crippen molar-refractivity contribution < 1.29 is 19.1 Å². The Morgan fingerprint density at radius 2 is 1.73 bits per heavy atom. The molecule has 0 aliphatic carbocycles. The molecule has 0 spiro atoms. The molecule has 0 unspecified atom stereocenters. The van der Waals surface area contributed by atoms with Crippen LogP contribution in [0.4, 0.5) is 0 Å². The predicted octanol–water partition coefficient (Wildman–Crippen LogP) is 3.37. The van der Waals surface area contributed by atoms with E-state index in [1.54, 1.807) is 24.3 Å². The van der Waals surface area contributed by atoms with Crippen LogP contribution >= 0.6 is 0 Å². The summed E-state index contributed by atoms with van der Waals surface area (Å²) in [5, 5.41) is 8.67. The first-order chi connectivity index (χ1) is 10.7. The van der Waals surface area contributed by atoms with E-state index < -0.39 is 5.97 Å². The summed E-state index contributed by atoms with van der Waals surface area (Å²) in [6.45, 7) is 2.53. The van der Waals surface area contributed by atoms with Gasteiger partial charge in [0.15, 0.2) is 0 Å². The minimum absolute atomic E-state index is 0.157. The van der Waals surface area contributed by atoms with Gasteiger partial charge in [0, 0.05) is 12.8 Å². The van der Waals surface area contributed by atoms with Crippen molar-refractivity contribution in [1.82, 2.24) is 0 Å². The van der Waals surface area contributed by atoms with E-state index in [2.05, 4.69) is 6.92 Å². The molecule has 0 saturated heterocycles. The summed E-state index contributed by atoms with van der Waals surface area (Å²) in [4.78, 5) is 23.0. The van der Waals surface area contributed by atoms with Gasteiger partial charge >= 0.3 is 11.9 Å². The van der Waals surface area contributed by atoms with Crippen LogP contribution in [0.2, 0.25) is 0 Å². The largest absolute Gasteiger partial charge is 0.466 e. The number of ether oxygens (including phenoxy) is 2. The van der Waals surface area contributed by atoms with E-state index in [-0.39, 0.29) is 18.8 Å². The van der Waals surface area contributed by atoms with Gasteiger partial charge in [0.25, 0.3) is 0 Å². The van der Waals surface area contributed by atoms with Crippen molar-refractivity contribution in [2.45, 2.75) is 45.4 Å². The van der Waals surface area contributed by atoms with Crippen LogP contribution < -0.4 is 4.74 Å². The van der Waals surface area contributed by atoms with E-state index in [1.807, 2.05) is 6.07 Å².